The van der Waals surface area contributed by atoms with Crippen LogP contribution in [0.2, 0.25) is 5.02 Å². The van der Waals surface area contributed by atoms with Gasteiger partial charge in [-0.05, 0) is 40.8 Å². The molecule has 4 rings (SSSR count). The molecule has 0 radical (unpaired) electrons. The fourth-order valence-corrected chi connectivity index (χ4v) is 3.66. The minimum absolute atomic E-state index is 0.119. The van der Waals surface area contributed by atoms with Gasteiger partial charge in [0.1, 0.15) is 6.33 Å². The predicted octanol–water partition coefficient (Wildman–Crippen LogP) is 4.56. The molecule has 1 amide bonds. The maximum Gasteiger partial charge on any atom is 0.435 e. The molecular weight excluding hydrogens is 453 g/mol. The number of hydrogen-bond donors (Lipinski definition) is 1. The number of nitrogens with zero attached hydrogens (tertiary/aromatic N) is 5. The van der Waals surface area contributed by atoms with Crippen molar-refractivity contribution >= 4 is 34.8 Å². The van der Waals surface area contributed by atoms with E-state index in [2.05, 4.69) is 20.5 Å². The van der Waals surface area contributed by atoms with Crippen LogP contribution in [0.4, 0.5) is 19.1 Å². The molecule has 7 nitrogen and oxygen atoms in total. The molecule has 0 spiro atoms. The Hall–Kier alpha value is -3.18. The van der Waals surface area contributed by atoms with Crippen LogP contribution in [0, 0.1) is 0 Å². The summed E-state index contributed by atoms with van der Waals surface area (Å²) < 4.78 is 40.7. The van der Waals surface area contributed by atoms with E-state index in [1.807, 2.05) is 12.1 Å². The van der Waals surface area contributed by atoms with E-state index in [4.69, 9.17) is 11.6 Å². The molecule has 0 aliphatic heterocycles. The summed E-state index contributed by atoms with van der Waals surface area (Å²) in [6.07, 6.45) is -1.74. The second-order valence-corrected chi connectivity index (χ2v) is 7.91. The Morgan fingerprint density at radius 2 is 1.81 bits per heavy atom. The van der Waals surface area contributed by atoms with Crippen molar-refractivity contribution in [3.63, 3.8) is 0 Å². The predicted molar refractivity (Wildman–Crippen MR) is 109 cm³/mol. The summed E-state index contributed by atoms with van der Waals surface area (Å²) in [5.74, 6) is -0.257. The first-order valence-corrected chi connectivity index (χ1v) is 10.2. The molecule has 0 saturated heterocycles. The summed E-state index contributed by atoms with van der Waals surface area (Å²) in [5.41, 5.74) is 0.677. The monoisotopic (exact) mass is 466 g/mol. The standard InChI is InChI=1S/C19H14ClF3N6OS/c20-14-3-1-12(2-4-14)8-29-11-24-18(27-29)25-17(30)15-7-13(10-31-15)9-28-6-5-16(26-28)19(21,22)23/h1-7,10-11H,8-9H2,(H,25,27,30). The van der Waals surface area contributed by atoms with Crippen LogP contribution in [0.1, 0.15) is 26.5 Å². The van der Waals surface area contributed by atoms with Crippen LogP contribution < -0.4 is 5.32 Å². The number of aromatic nitrogens is 5. The lowest BCUT2D eigenvalue weighted by Crippen LogP contribution is -2.12. The van der Waals surface area contributed by atoms with E-state index in [1.54, 1.807) is 28.3 Å². The molecule has 12 heteroatoms. The van der Waals surface area contributed by atoms with Gasteiger partial charge in [-0.15, -0.1) is 16.4 Å². The second-order valence-electron chi connectivity index (χ2n) is 6.56. The number of thiophene rings is 1. The smallest absolute Gasteiger partial charge is 0.288 e. The lowest BCUT2D eigenvalue weighted by molar-refractivity contribution is -0.141. The zero-order valence-corrected chi connectivity index (χ0v) is 17.2. The van der Waals surface area contributed by atoms with Gasteiger partial charge >= 0.3 is 6.18 Å². The zero-order chi connectivity index (χ0) is 22.0. The Labute approximate surface area is 183 Å². The summed E-state index contributed by atoms with van der Waals surface area (Å²) >= 11 is 7.04. The van der Waals surface area contributed by atoms with Crippen LogP contribution in [-0.4, -0.2) is 30.5 Å². The highest BCUT2D eigenvalue weighted by atomic mass is 35.5. The van der Waals surface area contributed by atoms with E-state index in [0.29, 0.717) is 22.0 Å². The van der Waals surface area contributed by atoms with Gasteiger partial charge in [0.05, 0.1) is 18.0 Å². The summed E-state index contributed by atoms with van der Waals surface area (Å²) in [4.78, 5) is 16.9. The van der Waals surface area contributed by atoms with Gasteiger partial charge in [-0.2, -0.15) is 18.3 Å². The Kier molecular flexibility index (Phi) is 5.79. The summed E-state index contributed by atoms with van der Waals surface area (Å²) in [6.45, 7) is 0.584. The van der Waals surface area contributed by atoms with E-state index >= 15 is 0 Å². The van der Waals surface area contributed by atoms with Gasteiger partial charge in [0, 0.05) is 11.2 Å². The van der Waals surface area contributed by atoms with Crippen molar-refractivity contribution in [2.24, 2.45) is 0 Å². The highest BCUT2D eigenvalue weighted by Crippen LogP contribution is 2.27. The van der Waals surface area contributed by atoms with Crippen LogP contribution >= 0.6 is 22.9 Å². The largest absolute Gasteiger partial charge is 0.435 e. The minimum Gasteiger partial charge on any atom is -0.288 e. The number of carbonyl (C=O) groups excluding carboxylic acids is 1. The molecule has 1 aromatic carbocycles. The van der Waals surface area contributed by atoms with Crippen molar-refractivity contribution in [3.8, 4) is 0 Å². The molecule has 160 valence electrons. The molecule has 0 fully saturated rings. The SMILES string of the molecule is O=C(Nc1ncn(Cc2ccc(Cl)cc2)n1)c1cc(Cn2ccc(C(F)(F)F)n2)cs1. The Morgan fingerprint density at radius 1 is 1.06 bits per heavy atom. The zero-order valence-electron chi connectivity index (χ0n) is 15.7. The van der Waals surface area contributed by atoms with Crippen molar-refractivity contribution in [1.82, 2.24) is 24.5 Å². The second kappa shape index (κ2) is 8.52. The van der Waals surface area contributed by atoms with Gasteiger partial charge in [-0.25, -0.2) is 9.67 Å². The van der Waals surface area contributed by atoms with E-state index < -0.39 is 17.8 Å². The molecule has 0 aliphatic carbocycles. The average Bonchev–Trinajstić information content (AvgIpc) is 3.45. The number of carbonyl (C=O) groups is 1. The number of anilines is 1. The lowest BCUT2D eigenvalue weighted by Gasteiger charge is -2.02. The van der Waals surface area contributed by atoms with Gasteiger partial charge in [-0.3, -0.25) is 14.8 Å². The maximum absolute atomic E-state index is 12.7. The van der Waals surface area contributed by atoms with Crippen molar-refractivity contribution in [2.75, 3.05) is 5.32 Å². The average molecular weight is 467 g/mol. The molecule has 0 unspecified atom stereocenters. The molecule has 4 aromatic rings. The third kappa shape index (κ3) is 5.30. The van der Waals surface area contributed by atoms with Crippen molar-refractivity contribution < 1.29 is 18.0 Å². The van der Waals surface area contributed by atoms with Gasteiger partial charge in [0.15, 0.2) is 5.69 Å². The van der Waals surface area contributed by atoms with E-state index in [0.717, 1.165) is 11.6 Å². The van der Waals surface area contributed by atoms with Gasteiger partial charge < -0.3 is 0 Å². The summed E-state index contributed by atoms with van der Waals surface area (Å²) in [7, 11) is 0. The number of rotatable bonds is 6. The molecule has 0 bridgehead atoms. The van der Waals surface area contributed by atoms with Gasteiger partial charge in [-0.1, -0.05) is 23.7 Å². The normalized spacial score (nSPS) is 11.6. The first-order valence-electron chi connectivity index (χ1n) is 8.89. The van der Waals surface area contributed by atoms with Crippen LogP contribution in [0.15, 0.2) is 54.3 Å². The van der Waals surface area contributed by atoms with Crippen molar-refractivity contribution in [3.05, 3.63) is 81.0 Å². The number of halogens is 4. The molecule has 3 aromatic heterocycles. The Bertz CT molecular complexity index is 1200. The topological polar surface area (TPSA) is 77.6 Å². The van der Waals surface area contributed by atoms with E-state index in [1.165, 1.54) is 28.5 Å². The quantitative estimate of drug-likeness (QED) is 0.452. The number of amides is 1. The van der Waals surface area contributed by atoms with Crippen LogP contribution in [0.5, 0.6) is 0 Å². The molecule has 31 heavy (non-hydrogen) atoms. The molecule has 0 atom stereocenters. The number of hydrogen-bond acceptors (Lipinski definition) is 5. The molecule has 3 heterocycles. The number of benzene rings is 1. The minimum atomic E-state index is -4.49. The fourth-order valence-electron chi connectivity index (χ4n) is 2.73. The summed E-state index contributed by atoms with van der Waals surface area (Å²) in [5, 5.41) is 12.7. The maximum atomic E-state index is 12.7. The Balaban J connectivity index is 1.36. The van der Waals surface area contributed by atoms with Crippen molar-refractivity contribution in [2.45, 2.75) is 19.3 Å². The highest BCUT2D eigenvalue weighted by Gasteiger charge is 2.33. The van der Waals surface area contributed by atoms with Gasteiger partial charge in [0.2, 0.25) is 5.95 Å². The third-order valence-corrected chi connectivity index (χ3v) is 5.40. The first kappa shape index (κ1) is 21.1. The van der Waals surface area contributed by atoms with Crippen LogP contribution in [0.3, 0.4) is 0 Å². The number of alkyl halides is 3. The molecular formula is C19H14ClF3N6OS. The fraction of sp³-hybridized carbons (Fsp3) is 0.158. The molecule has 0 aliphatic rings. The van der Waals surface area contributed by atoms with Crippen LogP contribution in [0.25, 0.3) is 0 Å². The highest BCUT2D eigenvalue weighted by molar-refractivity contribution is 7.12. The van der Waals surface area contributed by atoms with Gasteiger partial charge in [0.25, 0.3) is 5.91 Å². The van der Waals surface area contributed by atoms with Crippen LogP contribution in [-0.2, 0) is 19.3 Å². The Morgan fingerprint density at radius 3 is 2.52 bits per heavy atom. The van der Waals surface area contributed by atoms with Crippen molar-refractivity contribution in [1.29, 1.82) is 0 Å². The molecule has 1 N–H and O–H groups in total. The third-order valence-electron chi connectivity index (χ3n) is 4.17. The lowest BCUT2D eigenvalue weighted by atomic mass is 10.2. The molecule has 0 saturated carbocycles. The first-order chi connectivity index (χ1) is 14.8. The van der Waals surface area contributed by atoms with E-state index in [9.17, 15) is 18.0 Å². The number of nitrogens with one attached hydrogen (secondary N) is 1. The van der Waals surface area contributed by atoms with E-state index in [-0.39, 0.29) is 12.5 Å². The summed E-state index contributed by atoms with van der Waals surface area (Å²) in [6, 6.07) is 9.79.